The summed E-state index contributed by atoms with van der Waals surface area (Å²) in [7, 11) is 0. The van der Waals surface area contributed by atoms with Crippen molar-refractivity contribution in [2.75, 3.05) is 39.6 Å². The highest BCUT2D eigenvalue weighted by atomic mass is 16.7. The summed E-state index contributed by atoms with van der Waals surface area (Å²) in [5.41, 5.74) is 0.656. The molecule has 0 saturated carbocycles. The Morgan fingerprint density at radius 2 is 1.71 bits per heavy atom. The number of carbonyl (C=O) groups excluding carboxylic acids is 2. The molecule has 1 N–H and O–H groups in total. The predicted octanol–water partition coefficient (Wildman–Crippen LogP) is 2.70. The van der Waals surface area contributed by atoms with Gasteiger partial charge < -0.3 is 19.2 Å². The first-order chi connectivity index (χ1) is 16.5. The number of carbonyl (C=O) groups is 2. The van der Waals surface area contributed by atoms with E-state index in [9.17, 15) is 9.59 Å². The van der Waals surface area contributed by atoms with Crippen LogP contribution in [0.5, 0.6) is 11.5 Å². The van der Waals surface area contributed by atoms with Gasteiger partial charge in [-0.15, -0.1) is 0 Å². The lowest BCUT2D eigenvalue weighted by Crippen LogP contribution is -2.51. The number of para-hydroxylation sites is 1. The zero-order valence-corrected chi connectivity index (χ0v) is 19.0. The lowest BCUT2D eigenvalue weighted by molar-refractivity contribution is -0.133. The van der Waals surface area contributed by atoms with Crippen LogP contribution in [0.3, 0.4) is 0 Å². The molecule has 4 heterocycles. The second-order valence-electron chi connectivity index (χ2n) is 9.16. The number of ether oxygens (including phenoxy) is 2. The van der Waals surface area contributed by atoms with E-state index in [0.29, 0.717) is 11.3 Å². The first kappa shape index (κ1) is 21.0. The van der Waals surface area contributed by atoms with E-state index < -0.39 is 11.6 Å². The molecule has 9 heteroatoms. The number of hydrogen-bond donors (Lipinski definition) is 1. The number of hydrogen-bond acceptors (Lipinski definition) is 7. The van der Waals surface area contributed by atoms with Crippen molar-refractivity contribution in [1.29, 1.82) is 0 Å². The quantitative estimate of drug-likeness (QED) is 0.584. The van der Waals surface area contributed by atoms with E-state index in [4.69, 9.17) is 13.9 Å². The van der Waals surface area contributed by atoms with E-state index in [0.717, 1.165) is 49.6 Å². The smallest absolute Gasteiger partial charge is 0.326 e. The maximum absolute atomic E-state index is 13.3. The van der Waals surface area contributed by atoms with Gasteiger partial charge in [0.25, 0.3) is 5.91 Å². The van der Waals surface area contributed by atoms with Crippen LogP contribution >= 0.6 is 0 Å². The summed E-state index contributed by atoms with van der Waals surface area (Å²) in [6.45, 7) is 6.28. The van der Waals surface area contributed by atoms with E-state index in [-0.39, 0.29) is 19.4 Å². The van der Waals surface area contributed by atoms with Crippen LogP contribution in [-0.2, 0) is 16.9 Å². The lowest BCUT2D eigenvalue weighted by atomic mass is 9.99. The fourth-order valence-electron chi connectivity index (χ4n) is 4.81. The number of piperazine rings is 1. The molecular formula is C25H26N4O5. The summed E-state index contributed by atoms with van der Waals surface area (Å²) in [6, 6.07) is 15.0. The van der Waals surface area contributed by atoms with Gasteiger partial charge in [0, 0.05) is 38.1 Å². The largest absolute Gasteiger partial charge is 0.458 e. The highest BCUT2D eigenvalue weighted by molar-refractivity contribution is 6.07. The molecule has 0 aliphatic carbocycles. The molecule has 0 spiro atoms. The van der Waals surface area contributed by atoms with Crippen LogP contribution in [0.2, 0.25) is 0 Å². The number of nitrogens with zero attached hydrogens (tertiary/aromatic N) is 3. The van der Waals surface area contributed by atoms with E-state index in [2.05, 4.69) is 21.2 Å². The summed E-state index contributed by atoms with van der Waals surface area (Å²) >= 11 is 0. The molecule has 0 radical (unpaired) electrons. The van der Waals surface area contributed by atoms with E-state index in [1.807, 2.05) is 42.5 Å². The number of furan rings is 1. The molecule has 2 fully saturated rings. The predicted molar refractivity (Wildman–Crippen MR) is 123 cm³/mol. The van der Waals surface area contributed by atoms with Crippen LogP contribution < -0.4 is 14.8 Å². The lowest BCUT2D eigenvalue weighted by Gasteiger charge is -2.36. The maximum Gasteiger partial charge on any atom is 0.326 e. The SMILES string of the molecule is C[C@@]1(c2cc3ccccc3o2)NC(=O)N(CN2CCN(Cc3ccc4c(c3)OCO4)CC2)C1=O. The van der Waals surface area contributed by atoms with Gasteiger partial charge >= 0.3 is 6.03 Å². The van der Waals surface area contributed by atoms with Crippen molar-refractivity contribution >= 4 is 22.9 Å². The highest BCUT2D eigenvalue weighted by Gasteiger charge is 2.51. The van der Waals surface area contributed by atoms with Crippen molar-refractivity contribution in [2.45, 2.75) is 19.0 Å². The Morgan fingerprint density at radius 1 is 0.941 bits per heavy atom. The molecule has 2 aromatic carbocycles. The van der Waals surface area contributed by atoms with Crippen LogP contribution in [0.25, 0.3) is 11.0 Å². The first-order valence-electron chi connectivity index (χ1n) is 11.5. The van der Waals surface area contributed by atoms with E-state index in [1.165, 1.54) is 10.5 Å². The molecule has 3 aliphatic heterocycles. The average molecular weight is 463 g/mol. The van der Waals surface area contributed by atoms with E-state index >= 15 is 0 Å². The molecule has 3 aromatic rings. The molecule has 3 amide bonds. The van der Waals surface area contributed by atoms with Gasteiger partial charge in [-0.3, -0.25) is 14.6 Å². The summed E-state index contributed by atoms with van der Waals surface area (Å²) in [5.74, 6) is 1.74. The number of amides is 3. The molecule has 0 unspecified atom stereocenters. The Hall–Kier alpha value is -3.56. The number of rotatable bonds is 5. The third kappa shape index (κ3) is 3.57. The van der Waals surface area contributed by atoms with Crippen molar-refractivity contribution in [1.82, 2.24) is 20.0 Å². The molecular weight excluding hydrogens is 436 g/mol. The molecule has 1 atom stereocenters. The Labute approximate surface area is 196 Å². The minimum absolute atomic E-state index is 0.262. The van der Waals surface area contributed by atoms with Crippen LogP contribution in [0.4, 0.5) is 4.79 Å². The van der Waals surface area contributed by atoms with Crippen LogP contribution in [-0.4, -0.2) is 66.3 Å². The van der Waals surface area contributed by atoms with Gasteiger partial charge in [0.2, 0.25) is 6.79 Å². The number of fused-ring (bicyclic) bond motifs is 2. The van der Waals surface area contributed by atoms with Gasteiger partial charge in [-0.05, 0) is 36.8 Å². The van der Waals surface area contributed by atoms with Crippen LogP contribution in [0.15, 0.2) is 52.9 Å². The van der Waals surface area contributed by atoms with Crippen LogP contribution in [0, 0.1) is 0 Å². The van der Waals surface area contributed by atoms with Crippen molar-refractivity contribution in [3.05, 3.63) is 59.9 Å². The van der Waals surface area contributed by atoms with Crippen molar-refractivity contribution < 1.29 is 23.5 Å². The Bertz CT molecular complexity index is 1230. The third-order valence-corrected chi connectivity index (χ3v) is 6.84. The Balaban J connectivity index is 1.08. The fraction of sp³-hybridized carbons (Fsp3) is 0.360. The van der Waals surface area contributed by atoms with Gasteiger partial charge in [0.1, 0.15) is 11.3 Å². The van der Waals surface area contributed by atoms with Gasteiger partial charge in [0.15, 0.2) is 17.0 Å². The summed E-state index contributed by atoms with van der Waals surface area (Å²) in [4.78, 5) is 31.9. The van der Waals surface area contributed by atoms with Gasteiger partial charge in [-0.2, -0.15) is 0 Å². The third-order valence-electron chi connectivity index (χ3n) is 6.84. The second kappa shape index (κ2) is 8.03. The number of benzene rings is 2. The molecule has 2 saturated heterocycles. The summed E-state index contributed by atoms with van der Waals surface area (Å²) in [5, 5.41) is 3.74. The second-order valence-corrected chi connectivity index (χ2v) is 9.16. The van der Waals surface area contributed by atoms with Crippen molar-refractivity contribution in [3.8, 4) is 11.5 Å². The Kier molecular flexibility index (Phi) is 4.96. The first-order valence-corrected chi connectivity index (χ1v) is 11.5. The molecule has 3 aliphatic rings. The van der Waals surface area contributed by atoms with Crippen LogP contribution in [0.1, 0.15) is 18.2 Å². The molecule has 176 valence electrons. The van der Waals surface area contributed by atoms with Crippen molar-refractivity contribution in [2.24, 2.45) is 0 Å². The topological polar surface area (TPSA) is 87.5 Å². The number of urea groups is 1. The monoisotopic (exact) mass is 462 g/mol. The van der Waals surface area contributed by atoms with E-state index in [1.54, 1.807) is 6.92 Å². The average Bonchev–Trinajstić information content (AvgIpc) is 3.54. The normalized spacial score (nSPS) is 23.1. The molecule has 0 bridgehead atoms. The minimum Gasteiger partial charge on any atom is -0.458 e. The minimum atomic E-state index is -1.21. The fourth-order valence-corrected chi connectivity index (χ4v) is 4.81. The molecule has 6 rings (SSSR count). The standard InChI is InChI=1S/C25H26N4O5/c1-25(22-13-18-4-2-3-5-19(18)34-22)23(30)29(24(31)26-25)15-28-10-8-27(9-11-28)14-17-6-7-20-21(12-17)33-16-32-20/h2-7,12-13H,8-11,14-16H2,1H3,(H,26,31)/t25-/m0/s1. The van der Waals surface area contributed by atoms with Crippen molar-refractivity contribution in [3.63, 3.8) is 0 Å². The van der Waals surface area contributed by atoms with Gasteiger partial charge in [0.05, 0.1) is 6.67 Å². The molecule has 9 nitrogen and oxygen atoms in total. The molecule has 34 heavy (non-hydrogen) atoms. The highest BCUT2D eigenvalue weighted by Crippen LogP contribution is 2.34. The zero-order valence-electron chi connectivity index (χ0n) is 19.0. The number of nitrogens with one attached hydrogen (secondary N) is 1. The zero-order chi connectivity index (χ0) is 23.3. The molecule has 1 aromatic heterocycles. The van der Waals surface area contributed by atoms with Gasteiger partial charge in [-0.1, -0.05) is 24.3 Å². The van der Waals surface area contributed by atoms with Gasteiger partial charge in [-0.25, -0.2) is 9.69 Å². The number of imide groups is 1. The Morgan fingerprint density at radius 3 is 2.53 bits per heavy atom. The summed E-state index contributed by atoms with van der Waals surface area (Å²) < 4.78 is 16.8. The maximum atomic E-state index is 13.3. The summed E-state index contributed by atoms with van der Waals surface area (Å²) in [6.07, 6.45) is 0.